The van der Waals surface area contributed by atoms with E-state index in [1.807, 2.05) is 0 Å². The molecule has 1 N–H and O–H groups in total. The Balaban J connectivity index is 2.33. The first-order valence-corrected chi connectivity index (χ1v) is 6.74. The van der Waals surface area contributed by atoms with E-state index in [2.05, 4.69) is 5.32 Å². The molecule has 1 unspecified atom stereocenters. The number of aryl methyl sites for hydroxylation is 1. The fourth-order valence-electron chi connectivity index (χ4n) is 2.81. The van der Waals surface area contributed by atoms with E-state index in [-0.39, 0.29) is 30.2 Å². The fraction of sp³-hybridized carbons (Fsp3) is 0.286. The molecule has 120 valence electrons. The van der Waals surface area contributed by atoms with Crippen molar-refractivity contribution in [3.8, 4) is 0 Å². The van der Waals surface area contributed by atoms with Crippen LogP contribution >= 0.6 is 0 Å². The molecule has 2 amide bonds. The number of piperidine rings is 1. The second kappa shape index (κ2) is 5.11. The van der Waals surface area contributed by atoms with E-state index in [9.17, 15) is 28.0 Å². The molecule has 9 heteroatoms. The number of carbonyl (C=O) groups excluding carboxylic acids is 3. The molecule has 3 rings (SSSR count). The van der Waals surface area contributed by atoms with Gasteiger partial charge in [0.1, 0.15) is 17.4 Å². The summed E-state index contributed by atoms with van der Waals surface area (Å²) >= 11 is 0. The van der Waals surface area contributed by atoms with Crippen molar-refractivity contribution in [1.29, 1.82) is 0 Å². The molecule has 0 aliphatic carbocycles. The third-order valence-electron chi connectivity index (χ3n) is 3.94. The predicted octanol–water partition coefficient (Wildman–Crippen LogP) is 0.408. The van der Waals surface area contributed by atoms with Crippen LogP contribution in [0.25, 0.3) is 11.0 Å². The smallest absolute Gasteiger partial charge is 0.298 e. The summed E-state index contributed by atoms with van der Waals surface area (Å²) in [6.45, 7) is 0. The molecule has 0 spiro atoms. The number of amides is 2. The van der Waals surface area contributed by atoms with Crippen LogP contribution in [0.15, 0.2) is 10.9 Å². The monoisotopic (exact) mass is 323 g/mol. The van der Waals surface area contributed by atoms with Gasteiger partial charge in [0.25, 0.3) is 0 Å². The average molecular weight is 323 g/mol. The Bertz CT molecular complexity index is 928. The number of nitrogens with zero attached hydrogens (tertiary/aromatic N) is 2. The summed E-state index contributed by atoms with van der Waals surface area (Å²) in [6.07, 6.45) is 0.0802. The molecule has 1 atom stereocenters. The number of aldehydes is 1. The summed E-state index contributed by atoms with van der Waals surface area (Å²) in [5.74, 6) is -3.48. The van der Waals surface area contributed by atoms with Crippen LogP contribution in [0.5, 0.6) is 0 Å². The molecule has 1 fully saturated rings. The molecule has 2 heterocycles. The zero-order valence-electron chi connectivity index (χ0n) is 11.9. The number of fused-ring (bicyclic) bond motifs is 1. The number of aromatic nitrogens is 2. The van der Waals surface area contributed by atoms with Crippen LogP contribution in [0.1, 0.15) is 29.2 Å². The lowest BCUT2D eigenvalue weighted by Gasteiger charge is -2.21. The zero-order valence-corrected chi connectivity index (χ0v) is 11.9. The van der Waals surface area contributed by atoms with Crippen LogP contribution in [0.4, 0.5) is 8.78 Å². The first-order chi connectivity index (χ1) is 10.9. The summed E-state index contributed by atoms with van der Waals surface area (Å²) < 4.78 is 30.0. The van der Waals surface area contributed by atoms with Gasteiger partial charge in [-0.2, -0.15) is 0 Å². The summed E-state index contributed by atoms with van der Waals surface area (Å²) in [5.41, 5.74) is -1.94. The number of benzene rings is 1. The van der Waals surface area contributed by atoms with Gasteiger partial charge in [-0.05, 0) is 6.42 Å². The van der Waals surface area contributed by atoms with Crippen LogP contribution < -0.4 is 11.0 Å². The molecule has 1 aliphatic rings. The number of imide groups is 1. The molecule has 1 aliphatic heterocycles. The van der Waals surface area contributed by atoms with Crippen molar-refractivity contribution < 1.29 is 23.2 Å². The second-order valence-electron chi connectivity index (χ2n) is 5.25. The largest absolute Gasteiger partial charge is 0.329 e. The van der Waals surface area contributed by atoms with Gasteiger partial charge in [0.05, 0.1) is 11.1 Å². The van der Waals surface area contributed by atoms with Gasteiger partial charge < -0.3 is 0 Å². The van der Waals surface area contributed by atoms with Crippen LogP contribution in [-0.4, -0.2) is 27.2 Å². The van der Waals surface area contributed by atoms with E-state index in [1.54, 1.807) is 0 Å². The van der Waals surface area contributed by atoms with Gasteiger partial charge in [0.2, 0.25) is 11.8 Å². The van der Waals surface area contributed by atoms with Crippen molar-refractivity contribution >= 4 is 29.1 Å². The minimum atomic E-state index is -1.17. The van der Waals surface area contributed by atoms with E-state index in [1.165, 1.54) is 7.05 Å². The first kappa shape index (κ1) is 15.1. The van der Waals surface area contributed by atoms with E-state index in [0.717, 1.165) is 15.2 Å². The maximum atomic E-state index is 14.3. The number of hydrogen-bond donors (Lipinski definition) is 1. The molecular formula is C14H11F2N3O4. The predicted molar refractivity (Wildman–Crippen MR) is 73.9 cm³/mol. The third-order valence-corrected chi connectivity index (χ3v) is 3.94. The molecule has 1 saturated heterocycles. The highest BCUT2D eigenvalue weighted by Gasteiger charge is 2.32. The lowest BCUT2D eigenvalue weighted by molar-refractivity contribution is -0.135. The number of halogens is 2. The van der Waals surface area contributed by atoms with Crippen molar-refractivity contribution in [2.45, 2.75) is 18.9 Å². The van der Waals surface area contributed by atoms with Crippen molar-refractivity contribution in [2.24, 2.45) is 7.05 Å². The van der Waals surface area contributed by atoms with Crippen LogP contribution in [0, 0.1) is 11.6 Å². The Morgan fingerprint density at radius 2 is 2.00 bits per heavy atom. The Morgan fingerprint density at radius 1 is 1.30 bits per heavy atom. The number of rotatable bonds is 2. The zero-order chi connectivity index (χ0) is 16.9. The quantitative estimate of drug-likeness (QED) is 0.640. The minimum Gasteiger partial charge on any atom is -0.298 e. The second-order valence-corrected chi connectivity index (χ2v) is 5.25. The summed E-state index contributed by atoms with van der Waals surface area (Å²) in [7, 11) is 1.25. The van der Waals surface area contributed by atoms with Gasteiger partial charge in [-0.25, -0.2) is 13.6 Å². The highest BCUT2D eigenvalue weighted by atomic mass is 19.1. The molecule has 0 radical (unpaired) electrons. The highest BCUT2D eigenvalue weighted by Crippen LogP contribution is 2.27. The fourth-order valence-corrected chi connectivity index (χ4v) is 2.81. The molecule has 0 bridgehead atoms. The van der Waals surface area contributed by atoms with E-state index >= 15 is 0 Å². The summed E-state index contributed by atoms with van der Waals surface area (Å²) in [5, 5.41) is 2.09. The molecule has 1 aromatic heterocycles. The molecular weight excluding hydrogens is 312 g/mol. The Kier molecular flexibility index (Phi) is 3.35. The SMILES string of the molecule is Cn1c(=O)n(C2CCC(=O)NC2=O)c2cc(F)c(C=O)c(F)c21. The van der Waals surface area contributed by atoms with Crippen LogP contribution in [-0.2, 0) is 16.6 Å². The Labute approximate surface area is 127 Å². The van der Waals surface area contributed by atoms with Gasteiger partial charge in [-0.3, -0.25) is 28.8 Å². The normalized spacial score (nSPS) is 18.3. The molecule has 1 aromatic carbocycles. The molecule has 7 nitrogen and oxygen atoms in total. The highest BCUT2D eigenvalue weighted by molar-refractivity contribution is 6.00. The molecule has 0 saturated carbocycles. The standard InChI is InChI=1S/C14H11F2N3O4/c1-18-12-9(4-7(15)6(5-20)11(12)16)19(14(18)23)8-2-3-10(21)17-13(8)22/h4-5,8H,2-3H2,1H3,(H,17,21,22). The van der Waals surface area contributed by atoms with Crippen LogP contribution in [0.2, 0.25) is 0 Å². The van der Waals surface area contributed by atoms with E-state index in [0.29, 0.717) is 0 Å². The molecule has 2 aromatic rings. The summed E-state index contributed by atoms with van der Waals surface area (Å²) in [4.78, 5) is 46.3. The van der Waals surface area contributed by atoms with Crippen molar-refractivity contribution in [3.63, 3.8) is 0 Å². The summed E-state index contributed by atoms with van der Waals surface area (Å²) in [6, 6.07) is -0.211. The lowest BCUT2D eigenvalue weighted by Crippen LogP contribution is -2.44. The molecule has 23 heavy (non-hydrogen) atoms. The van der Waals surface area contributed by atoms with Gasteiger partial charge in [-0.1, -0.05) is 0 Å². The van der Waals surface area contributed by atoms with E-state index < -0.39 is 40.7 Å². The average Bonchev–Trinajstić information content (AvgIpc) is 2.72. The number of imidazole rings is 1. The van der Waals surface area contributed by atoms with Crippen molar-refractivity contribution in [2.75, 3.05) is 0 Å². The number of carbonyl (C=O) groups is 3. The lowest BCUT2D eigenvalue weighted by atomic mass is 10.1. The van der Waals surface area contributed by atoms with Gasteiger partial charge >= 0.3 is 5.69 Å². The first-order valence-electron chi connectivity index (χ1n) is 6.74. The Hall–Kier alpha value is -2.84. The van der Waals surface area contributed by atoms with Gasteiger partial charge in [-0.15, -0.1) is 0 Å². The third kappa shape index (κ3) is 2.07. The number of hydrogen-bond acceptors (Lipinski definition) is 4. The topological polar surface area (TPSA) is 90.2 Å². The maximum Gasteiger partial charge on any atom is 0.329 e. The van der Waals surface area contributed by atoms with Gasteiger partial charge in [0.15, 0.2) is 12.1 Å². The van der Waals surface area contributed by atoms with Crippen molar-refractivity contribution in [3.05, 3.63) is 33.7 Å². The Morgan fingerprint density at radius 3 is 2.61 bits per heavy atom. The van der Waals surface area contributed by atoms with E-state index in [4.69, 9.17) is 0 Å². The minimum absolute atomic E-state index is 0.0105. The van der Waals surface area contributed by atoms with Crippen LogP contribution in [0.3, 0.4) is 0 Å². The van der Waals surface area contributed by atoms with Gasteiger partial charge in [0, 0.05) is 19.5 Å². The van der Waals surface area contributed by atoms with Crippen molar-refractivity contribution in [1.82, 2.24) is 14.5 Å². The maximum absolute atomic E-state index is 14.3. The number of nitrogens with one attached hydrogen (secondary N) is 1.